The highest BCUT2D eigenvalue weighted by Gasteiger charge is 2.70. The molecule has 1 spiro atoms. The van der Waals surface area contributed by atoms with E-state index < -0.39 is 0 Å². The Balaban J connectivity index is 1.42. The summed E-state index contributed by atoms with van der Waals surface area (Å²) in [5.41, 5.74) is 2.19. The van der Waals surface area contributed by atoms with Crippen molar-refractivity contribution in [2.45, 2.75) is 63.3 Å². The van der Waals surface area contributed by atoms with Gasteiger partial charge in [-0.1, -0.05) is 12.0 Å². The van der Waals surface area contributed by atoms with Gasteiger partial charge in [-0.2, -0.15) is 11.8 Å². The van der Waals surface area contributed by atoms with Gasteiger partial charge in [0.05, 0.1) is 11.6 Å². The van der Waals surface area contributed by atoms with E-state index in [2.05, 4.69) is 5.32 Å². The number of carbonyl (C=O) groups excluding carboxylic acids is 2. The Hall–Kier alpha value is -0.970. The lowest BCUT2D eigenvalue weighted by Crippen LogP contribution is -2.41. The van der Waals surface area contributed by atoms with Crippen LogP contribution < -0.4 is 5.32 Å². The van der Waals surface area contributed by atoms with E-state index in [0.29, 0.717) is 17.7 Å². The normalized spacial score (nSPS) is 32.5. The summed E-state index contributed by atoms with van der Waals surface area (Å²) in [5.74, 6) is 1.37. The average molecular weight is 308 g/mol. The number of nitrogens with zero attached hydrogens (tertiary/aromatic N) is 1. The predicted octanol–water partition coefficient (Wildman–Crippen LogP) is 2.73. The number of amides is 2. The number of ketones is 1. The molecule has 5 heteroatoms. The van der Waals surface area contributed by atoms with Crippen LogP contribution in [0, 0.1) is 0 Å². The van der Waals surface area contributed by atoms with Crippen molar-refractivity contribution >= 4 is 23.6 Å². The number of nitrogens with one attached hydrogen (secondary N) is 1. The monoisotopic (exact) mass is 308 g/mol. The molecule has 3 atom stereocenters. The van der Waals surface area contributed by atoms with Crippen LogP contribution in [0.3, 0.4) is 0 Å². The van der Waals surface area contributed by atoms with Crippen LogP contribution in [0.15, 0.2) is 11.1 Å². The van der Waals surface area contributed by atoms with Crippen molar-refractivity contribution in [1.82, 2.24) is 10.2 Å². The Labute approximate surface area is 130 Å². The van der Waals surface area contributed by atoms with Gasteiger partial charge < -0.3 is 10.2 Å². The summed E-state index contributed by atoms with van der Waals surface area (Å²) >= 11 is 2.00. The lowest BCUT2D eigenvalue weighted by atomic mass is 9.96. The zero-order valence-corrected chi connectivity index (χ0v) is 13.9. The first-order valence-corrected chi connectivity index (χ1v) is 8.87. The Kier molecular flexibility index (Phi) is 3.80. The highest BCUT2D eigenvalue weighted by Crippen LogP contribution is 2.52. The molecular formula is C16H24N2O2S. The minimum absolute atomic E-state index is 0.125. The van der Waals surface area contributed by atoms with Crippen molar-refractivity contribution in [2.24, 2.45) is 0 Å². The summed E-state index contributed by atoms with van der Waals surface area (Å²) in [5, 5.41) is 3.66. The van der Waals surface area contributed by atoms with Gasteiger partial charge in [-0.25, -0.2) is 4.79 Å². The summed E-state index contributed by atoms with van der Waals surface area (Å²) in [4.78, 5) is 25.6. The number of hydrogen-bond donors (Lipinski definition) is 1. The molecule has 3 aliphatic rings. The van der Waals surface area contributed by atoms with Crippen LogP contribution >= 0.6 is 11.8 Å². The number of hydrogen-bond acceptors (Lipinski definition) is 3. The summed E-state index contributed by atoms with van der Waals surface area (Å²) in [6, 6.07) is 0.463. The zero-order chi connectivity index (χ0) is 15.2. The second kappa shape index (κ2) is 5.34. The maximum Gasteiger partial charge on any atom is 0.318 e. The van der Waals surface area contributed by atoms with E-state index in [1.54, 1.807) is 0 Å². The molecule has 0 bridgehead atoms. The van der Waals surface area contributed by atoms with E-state index >= 15 is 0 Å². The number of carbonyl (C=O) groups is 2. The SMILES string of the molecule is CC(C)=C(C)C(=O)CCCCC1SCC23CN2C(=O)NC13. The van der Waals surface area contributed by atoms with Crippen molar-refractivity contribution in [1.29, 1.82) is 0 Å². The smallest absolute Gasteiger partial charge is 0.318 e. The van der Waals surface area contributed by atoms with Crippen LogP contribution in [-0.2, 0) is 4.79 Å². The minimum Gasteiger partial charge on any atom is -0.332 e. The van der Waals surface area contributed by atoms with Gasteiger partial charge in [0.15, 0.2) is 5.78 Å². The van der Waals surface area contributed by atoms with Gasteiger partial charge in [0.2, 0.25) is 0 Å². The summed E-state index contributed by atoms with van der Waals surface area (Å²) in [6.07, 6.45) is 3.79. The van der Waals surface area contributed by atoms with Crippen LogP contribution in [-0.4, -0.2) is 45.8 Å². The van der Waals surface area contributed by atoms with Gasteiger partial charge in [-0.05, 0) is 39.2 Å². The third kappa shape index (κ3) is 2.50. The number of thioether (sulfide) groups is 1. The van der Waals surface area contributed by atoms with Crippen LogP contribution in [0.2, 0.25) is 0 Å². The largest absolute Gasteiger partial charge is 0.332 e. The first-order valence-electron chi connectivity index (χ1n) is 7.83. The second-order valence-electron chi connectivity index (χ2n) is 6.76. The molecule has 0 saturated carbocycles. The Morgan fingerprint density at radius 1 is 1.38 bits per heavy atom. The summed E-state index contributed by atoms with van der Waals surface area (Å²) in [7, 11) is 0. The van der Waals surface area contributed by atoms with Crippen LogP contribution in [0.25, 0.3) is 0 Å². The Bertz CT molecular complexity index is 512. The van der Waals surface area contributed by atoms with Gasteiger partial charge in [0.25, 0.3) is 0 Å². The standard InChI is InChI=1S/C16H24N2O2S/c1-10(2)11(3)12(19)6-4-5-7-13-14-16(9-21-13)8-18(16)15(20)17-14/h13-14H,4-9H2,1-3H3,(H,17,20). The number of unbranched alkanes of at least 4 members (excludes halogenated alkanes) is 1. The Morgan fingerprint density at radius 3 is 2.81 bits per heavy atom. The molecular weight excluding hydrogens is 284 g/mol. The van der Waals surface area contributed by atoms with E-state index in [1.165, 1.54) is 0 Å². The molecule has 0 aromatic heterocycles. The molecule has 0 aromatic carbocycles. The fourth-order valence-corrected chi connectivity index (χ4v) is 5.25. The van der Waals surface area contributed by atoms with Crippen molar-refractivity contribution in [2.75, 3.05) is 12.3 Å². The minimum atomic E-state index is 0.125. The van der Waals surface area contributed by atoms with Gasteiger partial charge >= 0.3 is 6.03 Å². The molecule has 3 aliphatic heterocycles. The van der Waals surface area contributed by atoms with Crippen molar-refractivity contribution in [3.63, 3.8) is 0 Å². The molecule has 4 nitrogen and oxygen atoms in total. The van der Waals surface area contributed by atoms with Crippen molar-refractivity contribution < 1.29 is 9.59 Å². The topological polar surface area (TPSA) is 49.2 Å². The second-order valence-corrected chi connectivity index (χ2v) is 7.99. The number of Topliss-reactive ketones (excluding diaryl/α,β-unsaturated/α-hetero) is 1. The van der Waals surface area contributed by atoms with Gasteiger partial charge in [0.1, 0.15) is 0 Å². The molecule has 3 saturated heterocycles. The molecule has 0 aromatic rings. The number of allylic oxidation sites excluding steroid dienone is 2. The van der Waals surface area contributed by atoms with Gasteiger partial charge in [-0.3, -0.25) is 4.79 Å². The van der Waals surface area contributed by atoms with Crippen molar-refractivity contribution in [3.8, 4) is 0 Å². The third-order valence-corrected chi connectivity index (χ3v) is 6.80. The quantitative estimate of drug-likeness (QED) is 0.355. The highest BCUT2D eigenvalue weighted by atomic mass is 32.2. The first kappa shape index (κ1) is 14.9. The fourth-order valence-electron chi connectivity index (χ4n) is 3.47. The van der Waals surface area contributed by atoms with Crippen LogP contribution in [0.5, 0.6) is 0 Å². The molecule has 0 aliphatic carbocycles. The van der Waals surface area contributed by atoms with E-state index in [1.807, 2.05) is 37.4 Å². The van der Waals surface area contributed by atoms with E-state index in [4.69, 9.17) is 0 Å². The molecule has 3 fully saturated rings. The van der Waals surface area contributed by atoms with E-state index in [0.717, 1.165) is 42.7 Å². The van der Waals surface area contributed by atoms with Gasteiger partial charge in [-0.15, -0.1) is 0 Å². The zero-order valence-electron chi connectivity index (χ0n) is 13.1. The predicted molar refractivity (Wildman–Crippen MR) is 85.5 cm³/mol. The van der Waals surface area contributed by atoms with Crippen molar-refractivity contribution in [3.05, 3.63) is 11.1 Å². The number of rotatable bonds is 6. The maximum absolute atomic E-state index is 11.9. The maximum atomic E-state index is 11.9. The lowest BCUT2D eigenvalue weighted by Gasteiger charge is -2.18. The molecule has 1 N–H and O–H groups in total. The van der Waals surface area contributed by atoms with E-state index in [-0.39, 0.29) is 17.4 Å². The Morgan fingerprint density at radius 2 is 2.14 bits per heavy atom. The van der Waals surface area contributed by atoms with Crippen LogP contribution in [0.4, 0.5) is 4.79 Å². The molecule has 0 radical (unpaired) electrons. The molecule has 3 rings (SSSR count). The lowest BCUT2D eigenvalue weighted by molar-refractivity contribution is -0.115. The summed E-state index contributed by atoms with van der Waals surface area (Å²) in [6.45, 7) is 6.85. The highest BCUT2D eigenvalue weighted by molar-refractivity contribution is 8.00. The molecule has 2 amide bonds. The molecule has 116 valence electrons. The molecule has 21 heavy (non-hydrogen) atoms. The van der Waals surface area contributed by atoms with Crippen LogP contribution in [0.1, 0.15) is 46.5 Å². The van der Waals surface area contributed by atoms with Gasteiger partial charge in [0, 0.05) is 24.0 Å². The average Bonchev–Trinajstić information content (AvgIpc) is 2.98. The molecule has 3 heterocycles. The number of urea groups is 1. The fraction of sp³-hybridized carbons (Fsp3) is 0.750. The molecule has 3 unspecified atom stereocenters. The summed E-state index contributed by atoms with van der Waals surface area (Å²) < 4.78 is 0. The van der Waals surface area contributed by atoms with E-state index in [9.17, 15) is 9.59 Å². The first-order chi connectivity index (χ1) is 9.95. The third-order valence-electron chi connectivity index (χ3n) is 5.20.